The number of fused-ring (bicyclic) bond motifs is 1. The van der Waals surface area contributed by atoms with E-state index in [1.54, 1.807) is 18.2 Å². The lowest BCUT2D eigenvalue weighted by atomic mass is 9.77. The van der Waals surface area contributed by atoms with E-state index >= 15 is 0 Å². The van der Waals surface area contributed by atoms with Crippen LogP contribution < -0.4 is 0 Å². The van der Waals surface area contributed by atoms with Crippen molar-refractivity contribution in [3.05, 3.63) is 69.8 Å². The molecule has 154 valence electrons. The minimum absolute atomic E-state index is 0.161. The predicted octanol–water partition coefficient (Wildman–Crippen LogP) is 7.80. The Labute approximate surface area is 169 Å². The molecule has 0 aliphatic heterocycles. The van der Waals surface area contributed by atoms with Crippen LogP contribution >= 0.6 is 0 Å². The van der Waals surface area contributed by atoms with Crippen LogP contribution in [0.5, 0.6) is 0 Å². The quantitative estimate of drug-likeness (QED) is 0.361. The molecule has 1 saturated carbocycles. The second kappa shape index (κ2) is 8.33. The van der Waals surface area contributed by atoms with E-state index in [0.29, 0.717) is 29.0 Å². The summed E-state index contributed by atoms with van der Waals surface area (Å²) >= 11 is 0. The second-order valence-electron chi connectivity index (χ2n) is 8.47. The predicted molar refractivity (Wildman–Crippen MR) is 109 cm³/mol. The number of hydrogen-bond donors (Lipinski definition) is 0. The lowest BCUT2D eigenvalue weighted by Crippen LogP contribution is -2.13. The third-order valence-electron chi connectivity index (χ3n) is 6.63. The Morgan fingerprint density at radius 3 is 2.31 bits per heavy atom. The van der Waals surface area contributed by atoms with E-state index in [4.69, 9.17) is 0 Å². The Hall–Kier alpha value is -2.10. The zero-order valence-corrected chi connectivity index (χ0v) is 16.7. The summed E-state index contributed by atoms with van der Waals surface area (Å²) in [6.07, 6.45) is 9.32. The van der Waals surface area contributed by atoms with Gasteiger partial charge in [-0.3, -0.25) is 0 Å². The van der Waals surface area contributed by atoms with Crippen molar-refractivity contribution in [2.24, 2.45) is 5.92 Å². The van der Waals surface area contributed by atoms with E-state index in [0.717, 1.165) is 30.4 Å². The second-order valence-corrected chi connectivity index (χ2v) is 8.47. The third-order valence-corrected chi connectivity index (χ3v) is 6.63. The molecular weight excluding hydrogens is 376 g/mol. The highest BCUT2D eigenvalue weighted by Crippen LogP contribution is 2.39. The van der Waals surface area contributed by atoms with Gasteiger partial charge >= 0.3 is 0 Å². The van der Waals surface area contributed by atoms with Crippen molar-refractivity contribution in [3.63, 3.8) is 0 Å². The minimum Gasteiger partial charge on any atom is -0.206 e. The number of rotatable bonds is 4. The molecule has 0 nitrogen and oxygen atoms in total. The van der Waals surface area contributed by atoms with Gasteiger partial charge in [-0.15, -0.1) is 0 Å². The maximum absolute atomic E-state index is 14.9. The average Bonchev–Trinajstić information content (AvgIpc) is 2.72. The summed E-state index contributed by atoms with van der Waals surface area (Å²) < 4.78 is 56.0. The SMILES string of the molecule is CCCC1CCC(c2ccc(C3=Cc4cc(F)c(F)c(F)c4CC3)c(F)c2)CC1. The van der Waals surface area contributed by atoms with Crippen molar-refractivity contribution >= 4 is 11.6 Å². The maximum atomic E-state index is 14.9. The van der Waals surface area contributed by atoms with E-state index in [1.807, 2.05) is 6.07 Å². The first kappa shape index (κ1) is 20.2. The summed E-state index contributed by atoms with van der Waals surface area (Å²) in [6.45, 7) is 2.22. The molecule has 0 aromatic heterocycles. The zero-order chi connectivity index (χ0) is 20.5. The first-order valence-electron chi connectivity index (χ1n) is 10.6. The fraction of sp³-hybridized carbons (Fsp3) is 0.440. The van der Waals surface area contributed by atoms with Crippen molar-refractivity contribution in [1.82, 2.24) is 0 Å². The third kappa shape index (κ3) is 3.99. The van der Waals surface area contributed by atoms with Crippen molar-refractivity contribution in [3.8, 4) is 0 Å². The van der Waals surface area contributed by atoms with Gasteiger partial charge in [0.1, 0.15) is 5.82 Å². The van der Waals surface area contributed by atoms with Crippen LogP contribution in [-0.4, -0.2) is 0 Å². The summed E-state index contributed by atoms with van der Waals surface area (Å²) in [5.74, 6) is -2.88. The largest absolute Gasteiger partial charge is 0.206 e. The number of allylic oxidation sites excluding steroid dienone is 1. The van der Waals surface area contributed by atoms with E-state index in [9.17, 15) is 17.6 Å². The smallest absolute Gasteiger partial charge is 0.194 e. The normalized spacial score (nSPS) is 21.6. The zero-order valence-electron chi connectivity index (χ0n) is 16.7. The first-order chi connectivity index (χ1) is 14.0. The van der Waals surface area contributed by atoms with Gasteiger partial charge in [0.2, 0.25) is 0 Å². The van der Waals surface area contributed by atoms with Crippen molar-refractivity contribution < 1.29 is 17.6 Å². The van der Waals surface area contributed by atoms with Gasteiger partial charge in [-0.2, -0.15) is 0 Å². The molecule has 0 spiro atoms. The molecule has 4 heteroatoms. The molecule has 0 unspecified atom stereocenters. The van der Waals surface area contributed by atoms with Gasteiger partial charge in [0.15, 0.2) is 17.5 Å². The monoisotopic (exact) mass is 402 g/mol. The molecular formula is C25H26F4. The van der Waals surface area contributed by atoms with Crippen molar-refractivity contribution in [2.75, 3.05) is 0 Å². The fourth-order valence-corrected chi connectivity index (χ4v) is 5.00. The molecule has 2 aromatic carbocycles. The summed E-state index contributed by atoms with van der Waals surface area (Å²) in [7, 11) is 0. The molecule has 0 saturated heterocycles. The Morgan fingerprint density at radius 2 is 1.62 bits per heavy atom. The molecule has 2 aromatic rings. The van der Waals surface area contributed by atoms with Gasteiger partial charge < -0.3 is 0 Å². The molecule has 1 fully saturated rings. The minimum atomic E-state index is -1.44. The molecule has 29 heavy (non-hydrogen) atoms. The molecule has 0 N–H and O–H groups in total. The van der Waals surface area contributed by atoms with Gasteiger partial charge in [-0.05, 0) is 84.8 Å². The van der Waals surface area contributed by atoms with Crippen LogP contribution in [0.2, 0.25) is 0 Å². The van der Waals surface area contributed by atoms with Crippen LogP contribution in [0.15, 0.2) is 24.3 Å². The van der Waals surface area contributed by atoms with Crippen LogP contribution in [-0.2, 0) is 6.42 Å². The highest BCUT2D eigenvalue weighted by molar-refractivity contribution is 5.84. The molecule has 0 atom stereocenters. The lowest BCUT2D eigenvalue weighted by Gasteiger charge is -2.29. The lowest BCUT2D eigenvalue weighted by molar-refractivity contribution is 0.308. The van der Waals surface area contributed by atoms with E-state index < -0.39 is 17.5 Å². The number of benzene rings is 2. The van der Waals surface area contributed by atoms with Crippen molar-refractivity contribution in [2.45, 2.75) is 64.2 Å². The van der Waals surface area contributed by atoms with E-state index in [1.165, 1.54) is 25.7 Å². The van der Waals surface area contributed by atoms with Crippen LogP contribution in [0.1, 0.15) is 80.0 Å². The van der Waals surface area contributed by atoms with Crippen LogP contribution in [0, 0.1) is 29.2 Å². The summed E-state index contributed by atoms with van der Waals surface area (Å²) in [5, 5.41) is 0. The number of hydrogen-bond acceptors (Lipinski definition) is 0. The van der Waals surface area contributed by atoms with Crippen LogP contribution in [0.25, 0.3) is 11.6 Å². The molecule has 2 aliphatic carbocycles. The Balaban J connectivity index is 1.56. The molecule has 4 rings (SSSR count). The van der Waals surface area contributed by atoms with Crippen LogP contribution in [0.4, 0.5) is 17.6 Å². The maximum Gasteiger partial charge on any atom is 0.194 e. The van der Waals surface area contributed by atoms with Gasteiger partial charge in [0.05, 0.1) is 0 Å². The topological polar surface area (TPSA) is 0 Å². The summed E-state index contributed by atoms with van der Waals surface area (Å²) in [4.78, 5) is 0. The van der Waals surface area contributed by atoms with Gasteiger partial charge in [-0.1, -0.05) is 38.0 Å². The highest BCUT2D eigenvalue weighted by Gasteiger charge is 2.25. The Kier molecular flexibility index (Phi) is 5.80. The Morgan fingerprint density at radius 1 is 0.862 bits per heavy atom. The van der Waals surface area contributed by atoms with Gasteiger partial charge in [-0.25, -0.2) is 17.6 Å². The standard InChI is InChI=1S/C25H26F4/c1-2-3-15-4-6-16(7-5-15)17-8-10-20(22(26)13-17)18-9-11-21-19(12-18)14-23(27)25(29)24(21)28/h8,10,12-16H,2-7,9,11H2,1H3. The van der Waals surface area contributed by atoms with Crippen LogP contribution in [0.3, 0.4) is 0 Å². The molecule has 0 radical (unpaired) electrons. The molecule has 0 bridgehead atoms. The first-order valence-corrected chi connectivity index (χ1v) is 10.6. The van der Waals surface area contributed by atoms with E-state index in [-0.39, 0.29) is 17.8 Å². The van der Waals surface area contributed by atoms with Gasteiger partial charge in [0, 0.05) is 5.56 Å². The molecule has 0 amide bonds. The van der Waals surface area contributed by atoms with Gasteiger partial charge in [0.25, 0.3) is 0 Å². The van der Waals surface area contributed by atoms with E-state index in [2.05, 4.69) is 6.92 Å². The summed E-state index contributed by atoms with van der Waals surface area (Å²) in [6, 6.07) is 6.40. The average molecular weight is 402 g/mol. The molecule has 2 aliphatic rings. The Bertz CT molecular complexity index is 936. The number of halogens is 4. The molecule has 0 heterocycles. The van der Waals surface area contributed by atoms with Crippen molar-refractivity contribution in [1.29, 1.82) is 0 Å². The highest BCUT2D eigenvalue weighted by atomic mass is 19.2. The summed E-state index contributed by atoms with van der Waals surface area (Å²) in [5.41, 5.74) is 2.65. The fourth-order valence-electron chi connectivity index (χ4n) is 5.00.